The van der Waals surface area contributed by atoms with Gasteiger partial charge in [0, 0.05) is 50.0 Å². The molecule has 0 bridgehead atoms. The van der Waals surface area contributed by atoms with Crippen molar-refractivity contribution in [3.8, 4) is 22.5 Å². The summed E-state index contributed by atoms with van der Waals surface area (Å²) in [6.07, 6.45) is 4.74. The van der Waals surface area contributed by atoms with Crippen LogP contribution in [-0.2, 0) is 24.9 Å². The molecule has 1 N–H and O–H groups in total. The SMILES string of the molecule is CC(=O)/C=C(/C)O.[C-]#N.[Ir].[c-]1c(-c2ccccn2)cccc1-c1ccccn1. The molecule has 3 rings (SSSR count). The number of aliphatic hydroxyl groups excluding tert-OH is 1. The summed E-state index contributed by atoms with van der Waals surface area (Å²) >= 11 is 0. The van der Waals surface area contributed by atoms with E-state index in [0.717, 1.165) is 22.5 Å². The first-order chi connectivity index (χ1) is 13.1. The number of hydrogen-bond acceptors (Lipinski definition) is 5. The average molecular weight is 550 g/mol. The number of ketones is 1. The minimum Gasteiger partial charge on any atom is -0.512 e. The van der Waals surface area contributed by atoms with Gasteiger partial charge in [0.1, 0.15) is 0 Å². The quantitative estimate of drug-likeness (QED) is 0.290. The second-order valence-corrected chi connectivity index (χ2v) is 5.30. The van der Waals surface area contributed by atoms with E-state index < -0.39 is 0 Å². The molecule has 0 atom stereocenters. The number of allylic oxidation sites excluding steroid dienone is 2. The molecule has 5 nitrogen and oxygen atoms in total. The Morgan fingerprint density at radius 2 is 1.39 bits per heavy atom. The van der Waals surface area contributed by atoms with Crippen LogP contribution in [0.5, 0.6) is 0 Å². The van der Waals surface area contributed by atoms with Crippen molar-refractivity contribution >= 4 is 5.78 Å². The smallest absolute Gasteiger partial charge is 0.155 e. The summed E-state index contributed by atoms with van der Waals surface area (Å²) in [6.45, 7) is 7.60. The van der Waals surface area contributed by atoms with Crippen molar-refractivity contribution in [2.75, 3.05) is 0 Å². The van der Waals surface area contributed by atoms with E-state index in [4.69, 9.17) is 16.9 Å². The normalized spacial score (nSPS) is 9.50. The summed E-state index contributed by atoms with van der Waals surface area (Å²) in [5, 5.41) is 14.6. The van der Waals surface area contributed by atoms with Gasteiger partial charge in [-0.05, 0) is 26.0 Å². The summed E-state index contributed by atoms with van der Waals surface area (Å²) in [7, 11) is 0. The molecule has 145 valence electrons. The van der Waals surface area contributed by atoms with Crippen LogP contribution in [0.2, 0.25) is 0 Å². The Morgan fingerprint density at radius 1 is 0.929 bits per heavy atom. The van der Waals surface area contributed by atoms with E-state index >= 15 is 0 Å². The molecule has 1 aromatic carbocycles. The molecule has 0 aliphatic heterocycles. The Morgan fingerprint density at radius 3 is 1.68 bits per heavy atom. The van der Waals surface area contributed by atoms with Gasteiger partial charge in [-0.15, -0.1) is 24.3 Å². The first-order valence-electron chi connectivity index (χ1n) is 8.01. The van der Waals surface area contributed by atoms with Gasteiger partial charge in [-0.1, -0.05) is 35.4 Å². The van der Waals surface area contributed by atoms with Crippen LogP contribution in [0.3, 0.4) is 0 Å². The zero-order chi connectivity index (χ0) is 20.1. The largest absolute Gasteiger partial charge is 0.512 e. The molecule has 0 unspecified atom stereocenters. The fourth-order valence-electron chi connectivity index (χ4n) is 2.11. The summed E-state index contributed by atoms with van der Waals surface area (Å²) in [6, 6.07) is 21.1. The maximum atomic E-state index is 10.0. The minimum absolute atomic E-state index is 0. The van der Waals surface area contributed by atoms with Crippen LogP contribution < -0.4 is 0 Å². The predicted molar refractivity (Wildman–Crippen MR) is 104 cm³/mol. The van der Waals surface area contributed by atoms with Gasteiger partial charge in [0.25, 0.3) is 0 Å². The molecule has 0 aliphatic rings. The topological polar surface area (TPSA) is 86.9 Å². The first kappa shape index (κ1) is 24.9. The summed E-state index contributed by atoms with van der Waals surface area (Å²) in [5.41, 5.74) is 3.82. The number of carbonyl (C=O) groups is 1. The van der Waals surface area contributed by atoms with Gasteiger partial charge in [0.15, 0.2) is 5.78 Å². The van der Waals surface area contributed by atoms with Crippen molar-refractivity contribution in [2.45, 2.75) is 13.8 Å². The van der Waals surface area contributed by atoms with Crippen LogP contribution in [0, 0.1) is 17.9 Å². The molecule has 28 heavy (non-hydrogen) atoms. The molecule has 0 saturated carbocycles. The molecule has 3 aromatic rings. The number of benzene rings is 1. The molecule has 1 radical (unpaired) electrons. The standard InChI is InChI=1S/C16H11N2.C5H8O2.CN.Ir/c1-3-10-17-15(8-1)13-6-5-7-14(12-13)16-9-2-4-11-18-16;1-4(6)3-5(2)7;1-2;/h1-11H;3,6H,1-2H3;;/q-1;;-1;/b;4-3-;;. The number of hydrogen-bond donors (Lipinski definition) is 1. The third kappa shape index (κ3) is 9.00. The average Bonchev–Trinajstić information content (AvgIpc) is 2.70. The van der Waals surface area contributed by atoms with Crippen molar-refractivity contribution in [2.24, 2.45) is 0 Å². The summed E-state index contributed by atoms with van der Waals surface area (Å²) < 4.78 is 0. The monoisotopic (exact) mass is 550 g/mol. The van der Waals surface area contributed by atoms with Crippen molar-refractivity contribution in [3.05, 3.63) is 91.5 Å². The maximum Gasteiger partial charge on any atom is 0.155 e. The van der Waals surface area contributed by atoms with Crippen LogP contribution in [0.1, 0.15) is 13.8 Å². The van der Waals surface area contributed by atoms with Crippen LogP contribution in [0.4, 0.5) is 0 Å². The number of nitrogens with zero attached hydrogens (tertiary/aromatic N) is 3. The third-order valence-corrected chi connectivity index (χ3v) is 3.09. The molecule has 0 saturated heterocycles. The maximum absolute atomic E-state index is 10.0. The molecule has 0 amide bonds. The van der Waals surface area contributed by atoms with E-state index in [9.17, 15) is 4.79 Å². The fraction of sp³-hybridized carbons (Fsp3) is 0.0909. The molecule has 0 fully saturated rings. The number of aromatic nitrogens is 2. The van der Waals surface area contributed by atoms with Gasteiger partial charge in [-0.25, -0.2) is 0 Å². The predicted octanol–water partition coefficient (Wildman–Crippen LogP) is 4.74. The fourth-order valence-corrected chi connectivity index (χ4v) is 2.11. The van der Waals surface area contributed by atoms with Crippen LogP contribution in [0.25, 0.3) is 22.5 Å². The van der Waals surface area contributed by atoms with E-state index in [2.05, 4.69) is 16.0 Å². The van der Waals surface area contributed by atoms with Gasteiger partial charge in [-0.3, -0.25) is 14.8 Å². The number of carbonyl (C=O) groups excluding carboxylic acids is 1. The van der Waals surface area contributed by atoms with E-state index in [0.29, 0.717) is 0 Å². The van der Waals surface area contributed by atoms with Crippen molar-refractivity contribution in [3.63, 3.8) is 0 Å². The number of pyridine rings is 2. The van der Waals surface area contributed by atoms with Crippen LogP contribution in [-0.4, -0.2) is 20.9 Å². The third-order valence-electron chi connectivity index (χ3n) is 3.09. The van der Waals surface area contributed by atoms with Crippen LogP contribution in [0.15, 0.2) is 78.8 Å². The van der Waals surface area contributed by atoms with Crippen molar-refractivity contribution in [1.29, 1.82) is 5.26 Å². The number of aliphatic hydroxyl groups is 1. The van der Waals surface area contributed by atoms with E-state index in [1.807, 2.05) is 54.6 Å². The summed E-state index contributed by atoms with van der Waals surface area (Å²) in [4.78, 5) is 18.7. The van der Waals surface area contributed by atoms with Gasteiger partial charge < -0.3 is 16.9 Å². The number of rotatable bonds is 3. The van der Waals surface area contributed by atoms with Crippen LogP contribution >= 0.6 is 0 Å². The molecular weight excluding hydrogens is 530 g/mol. The first-order valence-corrected chi connectivity index (χ1v) is 8.01. The Kier molecular flexibility index (Phi) is 12.4. The van der Waals surface area contributed by atoms with Gasteiger partial charge in [0.05, 0.1) is 5.76 Å². The van der Waals surface area contributed by atoms with Gasteiger partial charge in [-0.2, -0.15) is 0 Å². The van der Waals surface area contributed by atoms with E-state index in [1.54, 1.807) is 12.4 Å². The van der Waals surface area contributed by atoms with Crippen molar-refractivity contribution in [1.82, 2.24) is 9.97 Å². The molecular formula is C22H19IrN3O2-2. The molecule has 2 aromatic heterocycles. The molecule has 2 heterocycles. The zero-order valence-corrected chi connectivity index (χ0v) is 17.9. The van der Waals surface area contributed by atoms with E-state index in [1.165, 1.54) is 19.9 Å². The Balaban J connectivity index is 0.000000628. The van der Waals surface area contributed by atoms with Gasteiger partial charge in [0.2, 0.25) is 0 Å². The molecule has 0 spiro atoms. The molecule has 6 heteroatoms. The summed E-state index contributed by atoms with van der Waals surface area (Å²) in [5.74, 6) is -0.0625. The Labute approximate surface area is 178 Å². The van der Waals surface area contributed by atoms with E-state index in [-0.39, 0.29) is 31.6 Å². The van der Waals surface area contributed by atoms with Crippen molar-refractivity contribution < 1.29 is 30.0 Å². The Hall–Kier alpha value is -3.13. The Bertz CT molecular complexity index is 836. The minimum atomic E-state index is -0.125. The van der Waals surface area contributed by atoms with Gasteiger partial charge >= 0.3 is 0 Å². The molecule has 0 aliphatic carbocycles. The zero-order valence-electron chi connectivity index (χ0n) is 15.5. The second kappa shape index (κ2) is 14.0. The second-order valence-electron chi connectivity index (χ2n) is 5.30.